The lowest BCUT2D eigenvalue weighted by Gasteiger charge is -2.13. The lowest BCUT2D eigenvalue weighted by Crippen LogP contribution is -2.02. The van der Waals surface area contributed by atoms with Crippen molar-refractivity contribution in [1.82, 2.24) is 0 Å². The zero-order chi connectivity index (χ0) is 14.8. The Balaban J connectivity index is 1.86. The zero-order valence-corrected chi connectivity index (χ0v) is 13.6. The fraction of sp³-hybridized carbons (Fsp3) is 0.111. The lowest BCUT2D eigenvalue weighted by molar-refractivity contribution is 0.178. The van der Waals surface area contributed by atoms with Crippen LogP contribution in [0.2, 0.25) is 5.02 Å². The van der Waals surface area contributed by atoms with E-state index in [2.05, 4.69) is 46.3 Å². The number of hydrogen-bond acceptors (Lipinski definition) is 1. The molecule has 1 atom stereocenters. The maximum atomic E-state index is 10.4. The highest BCUT2D eigenvalue weighted by Crippen LogP contribution is 2.27. The van der Waals surface area contributed by atoms with E-state index in [1.165, 1.54) is 10.8 Å². The number of benzene rings is 3. The van der Waals surface area contributed by atoms with Gasteiger partial charge in [0.2, 0.25) is 0 Å². The van der Waals surface area contributed by atoms with E-state index < -0.39 is 6.10 Å². The average Bonchev–Trinajstić information content (AvgIpc) is 2.46. The van der Waals surface area contributed by atoms with Gasteiger partial charge in [0.05, 0.1) is 6.10 Å². The first-order valence-corrected chi connectivity index (χ1v) is 7.91. The average molecular weight is 362 g/mol. The molecule has 1 nitrogen and oxygen atoms in total. The van der Waals surface area contributed by atoms with Gasteiger partial charge in [0.15, 0.2) is 0 Å². The predicted molar refractivity (Wildman–Crippen MR) is 91.8 cm³/mol. The van der Waals surface area contributed by atoms with Crippen LogP contribution in [-0.2, 0) is 6.42 Å². The van der Waals surface area contributed by atoms with E-state index >= 15 is 0 Å². The Bertz CT molecular complexity index is 765. The van der Waals surface area contributed by atoms with Gasteiger partial charge in [-0.2, -0.15) is 0 Å². The Morgan fingerprint density at radius 3 is 2.48 bits per heavy atom. The number of halogens is 2. The van der Waals surface area contributed by atoms with Crippen molar-refractivity contribution in [2.24, 2.45) is 0 Å². The number of rotatable bonds is 3. The summed E-state index contributed by atoms with van der Waals surface area (Å²) in [5.41, 5.74) is 1.93. The number of aliphatic hydroxyl groups excluding tert-OH is 1. The van der Waals surface area contributed by atoms with Gasteiger partial charge in [0, 0.05) is 15.9 Å². The predicted octanol–water partition coefficient (Wildman–Crippen LogP) is 5.53. The summed E-state index contributed by atoms with van der Waals surface area (Å²) in [6.45, 7) is 0. The van der Waals surface area contributed by atoms with Crippen LogP contribution in [0.4, 0.5) is 0 Å². The minimum Gasteiger partial charge on any atom is -0.388 e. The van der Waals surface area contributed by atoms with E-state index in [1.54, 1.807) is 6.07 Å². The van der Waals surface area contributed by atoms with E-state index in [0.717, 1.165) is 15.6 Å². The SMILES string of the molecule is OC(Cc1ccc2ccccc2c1)c1cc(Cl)cc(Br)c1. The Labute approximate surface area is 137 Å². The van der Waals surface area contributed by atoms with Crippen LogP contribution in [0.3, 0.4) is 0 Å². The summed E-state index contributed by atoms with van der Waals surface area (Å²) >= 11 is 9.44. The minimum atomic E-state index is -0.568. The van der Waals surface area contributed by atoms with Crippen molar-refractivity contribution in [1.29, 1.82) is 0 Å². The highest BCUT2D eigenvalue weighted by molar-refractivity contribution is 9.10. The fourth-order valence-electron chi connectivity index (χ4n) is 2.47. The Kier molecular flexibility index (Phi) is 4.29. The second kappa shape index (κ2) is 6.18. The van der Waals surface area contributed by atoms with Crippen molar-refractivity contribution >= 4 is 38.3 Å². The van der Waals surface area contributed by atoms with E-state index in [0.29, 0.717) is 11.4 Å². The highest BCUT2D eigenvalue weighted by Gasteiger charge is 2.10. The van der Waals surface area contributed by atoms with Crippen molar-refractivity contribution in [3.8, 4) is 0 Å². The zero-order valence-electron chi connectivity index (χ0n) is 11.3. The monoisotopic (exact) mass is 360 g/mol. The quantitative estimate of drug-likeness (QED) is 0.650. The molecular formula is C18H14BrClO. The molecule has 0 bridgehead atoms. The third-order valence-electron chi connectivity index (χ3n) is 3.51. The molecule has 0 heterocycles. The van der Waals surface area contributed by atoms with Crippen LogP contribution < -0.4 is 0 Å². The Morgan fingerprint density at radius 1 is 0.952 bits per heavy atom. The molecule has 0 amide bonds. The summed E-state index contributed by atoms with van der Waals surface area (Å²) in [6.07, 6.45) is -0.00129. The normalized spacial score (nSPS) is 12.5. The number of aliphatic hydroxyl groups is 1. The van der Waals surface area contributed by atoms with Crippen LogP contribution in [-0.4, -0.2) is 5.11 Å². The van der Waals surface area contributed by atoms with E-state index in [4.69, 9.17) is 11.6 Å². The minimum absolute atomic E-state index is 0.567. The summed E-state index contributed by atoms with van der Waals surface area (Å²) in [7, 11) is 0. The van der Waals surface area contributed by atoms with Crippen molar-refractivity contribution in [3.63, 3.8) is 0 Å². The molecule has 0 radical (unpaired) electrons. The molecule has 106 valence electrons. The summed E-state index contributed by atoms with van der Waals surface area (Å²) in [6, 6.07) is 20.0. The van der Waals surface area contributed by atoms with Crippen LogP contribution in [0.15, 0.2) is 65.1 Å². The van der Waals surface area contributed by atoms with Crippen LogP contribution in [0.25, 0.3) is 10.8 Å². The third-order valence-corrected chi connectivity index (χ3v) is 4.19. The van der Waals surface area contributed by atoms with Crippen LogP contribution in [0, 0.1) is 0 Å². The number of fused-ring (bicyclic) bond motifs is 1. The van der Waals surface area contributed by atoms with Gasteiger partial charge in [-0.25, -0.2) is 0 Å². The molecule has 1 unspecified atom stereocenters. The third kappa shape index (κ3) is 3.46. The first-order valence-electron chi connectivity index (χ1n) is 6.73. The smallest absolute Gasteiger partial charge is 0.0831 e. The van der Waals surface area contributed by atoms with Crippen LogP contribution in [0.5, 0.6) is 0 Å². The number of hydrogen-bond donors (Lipinski definition) is 1. The molecule has 0 spiro atoms. The molecule has 3 aromatic rings. The molecule has 3 heteroatoms. The lowest BCUT2D eigenvalue weighted by atomic mass is 9.99. The molecule has 0 aliphatic rings. The van der Waals surface area contributed by atoms with Crippen molar-refractivity contribution < 1.29 is 5.11 Å². The molecule has 0 aliphatic carbocycles. The largest absolute Gasteiger partial charge is 0.388 e. The van der Waals surface area contributed by atoms with Gasteiger partial charge in [0.25, 0.3) is 0 Å². The Morgan fingerprint density at radius 2 is 1.71 bits per heavy atom. The van der Waals surface area contributed by atoms with Crippen molar-refractivity contribution in [2.75, 3.05) is 0 Å². The molecule has 1 N–H and O–H groups in total. The summed E-state index contributed by atoms with van der Waals surface area (Å²) < 4.78 is 0.877. The van der Waals surface area contributed by atoms with Gasteiger partial charge in [0.1, 0.15) is 0 Å². The van der Waals surface area contributed by atoms with E-state index in [9.17, 15) is 5.11 Å². The van der Waals surface area contributed by atoms with Crippen LogP contribution >= 0.6 is 27.5 Å². The van der Waals surface area contributed by atoms with Gasteiger partial charge < -0.3 is 5.11 Å². The molecule has 0 aliphatic heterocycles. The molecule has 0 saturated heterocycles. The molecule has 0 aromatic heterocycles. The summed E-state index contributed by atoms with van der Waals surface area (Å²) in [5.74, 6) is 0. The molecule has 0 fully saturated rings. The molecule has 21 heavy (non-hydrogen) atoms. The molecular weight excluding hydrogens is 348 g/mol. The van der Waals surface area contributed by atoms with Gasteiger partial charge in [-0.1, -0.05) is 70.0 Å². The molecule has 3 rings (SSSR count). The van der Waals surface area contributed by atoms with Gasteiger partial charge >= 0.3 is 0 Å². The second-order valence-electron chi connectivity index (χ2n) is 5.10. The van der Waals surface area contributed by atoms with Gasteiger partial charge in [-0.05, 0) is 40.1 Å². The fourth-order valence-corrected chi connectivity index (χ4v) is 3.36. The second-order valence-corrected chi connectivity index (χ2v) is 6.46. The maximum absolute atomic E-state index is 10.4. The van der Waals surface area contributed by atoms with Gasteiger partial charge in [-0.15, -0.1) is 0 Å². The van der Waals surface area contributed by atoms with Gasteiger partial charge in [-0.3, -0.25) is 0 Å². The maximum Gasteiger partial charge on any atom is 0.0831 e. The molecule has 0 saturated carbocycles. The van der Waals surface area contributed by atoms with Crippen molar-refractivity contribution in [3.05, 3.63) is 81.3 Å². The van der Waals surface area contributed by atoms with Crippen molar-refractivity contribution in [2.45, 2.75) is 12.5 Å². The first-order chi connectivity index (χ1) is 10.1. The summed E-state index contributed by atoms with van der Waals surface area (Å²) in [5, 5.41) is 13.4. The standard InChI is InChI=1S/C18H14BrClO/c19-16-9-15(10-17(20)11-16)18(21)8-12-5-6-13-3-1-2-4-14(13)7-12/h1-7,9-11,18,21H,8H2. The van der Waals surface area contributed by atoms with Crippen LogP contribution in [0.1, 0.15) is 17.2 Å². The van der Waals surface area contributed by atoms with E-state index in [1.807, 2.05) is 24.3 Å². The summed E-state index contributed by atoms with van der Waals surface area (Å²) in [4.78, 5) is 0. The Hall–Kier alpha value is -1.35. The molecule has 3 aromatic carbocycles. The highest BCUT2D eigenvalue weighted by atomic mass is 79.9. The van der Waals surface area contributed by atoms with E-state index in [-0.39, 0.29) is 0 Å². The first kappa shape index (κ1) is 14.6. The topological polar surface area (TPSA) is 20.2 Å².